The molecule has 4 rings (SSSR count). The maximum absolute atomic E-state index is 13.3. The zero-order valence-electron chi connectivity index (χ0n) is 19.0. The van der Waals surface area contributed by atoms with Crippen molar-refractivity contribution < 1.29 is 14.3 Å². The Bertz CT molecular complexity index is 1250. The van der Waals surface area contributed by atoms with Gasteiger partial charge in [0, 0.05) is 23.3 Å². The number of thiocarbonyl (C=S) groups is 1. The SMILES string of the molecule is COc1ccc(N2C(=O)/C(=C\c3cc4c(cc3Cl)N(C)C(C)(C)C=C4C)C(=O)NC2=S)cc1. The van der Waals surface area contributed by atoms with Crippen LogP contribution in [-0.2, 0) is 9.59 Å². The summed E-state index contributed by atoms with van der Waals surface area (Å²) in [5, 5.41) is 3.07. The molecular weight excluding hydrogens is 458 g/mol. The molecule has 1 saturated heterocycles. The average Bonchev–Trinajstić information content (AvgIpc) is 2.75. The molecule has 0 aliphatic carbocycles. The van der Waals surface area contributed by atoms with Crippen LogP contribution in [0, 0.1) is 0 Å². The largest absolute Gasteiger partial charge is 0.497 e. The highest BCUT2D eigenvalue weighted by atomic mass is 35.5. The van der Waals surface area contributed by atoms with Crippen molar-refractivity contribution in [3.8, 4) is 5.75 Å². The van der Waals surface area contributed by atoms with Gasteiger partial charge in [0.1, 0.15) is 11.3 Å². The molecule has 1 N–H and O–H groups in total. The Balaban J connectivity index is 1.76. The first-order valence-electron chi connectivity index (χ1n) is 10.4. The fourth-order valence-corrected chi connectivity index (χ4v) is 4.57. The number of carbonyl (C=O) groups excluding carboxylic acids is 2. The number of nitrogens with zero attached hydrogens (tertiary/aromatic N) is 2. The van der Waals surface area contributed by atoms with Crippen molar-refractivity contribution in [3.63, 3.8) is 0 Å². The highest BCUT2D eigenvalue weighted by Crippen LogP contribution is 2.41. The molecule has 0 saturated carbocycles. The second-order valence-corrected chi connectivity index (χ2v) is 9.38. The Hall–Kier alpha value is -3.16. The predicted molar refractivity (Wildman–Crippen MR) is 137 cm³/mol. The van der Waals surface area contributed by atoms with Crippen LogP contribution in [0.2, 0.25) is 5.02 Å². The van der Waals surface area contributed by atoms with Gasteiger partial charge in [-0.3, -0.25) is 19.8 Å². The number of rotatable bonds is 3. The number of likely N-dealkylation sites (N-methyl/N-ethyl adjacent to an activating group) is 1. The third kappa shape index (κ3) is 4.03. The molecule has 1 fully saturated rings. The maximum atomic E-state index is 13.3. The van der Waals surface area contributed by atoms with Crippen molar-refractivity contribution in [2.75, 3.05) is 24.0 Å². The van der Waals surface area contributed by atoms with Crippen molar-refractivity contribution in [1.82, 2.24) is 5.32 Å². The lowest BCUT2D eigenvalue weighted by Crippen LogP contribution is -2.54. The summed E-state index contributed by atoms with van der Waals surface area (Å²) in [5.41, 5.74) is 3.99. The molecule has 2 aliphatic heterocycles. The zero-order chi connectivity index (χ0) is 24.1. The summed E-state index contributed by atoms with van der Waals surface area (Å²) in [6.07, 6.45) is 3.70. The van der Waals surface area contributed by atoms with Crippen molar-refractivity contribution in [2.45, 2.75) is 26.3 Å². The van der Waals surface area contributed by atoms with E-state index in [0.717, 1.165) is 16.8 Å². The van der Waals surface area contributed by atoms with Crippen molar-refractivity contribution >= 4 is 63.8 Å². The minimum absolute atomic E-state index is 0.0199. The van der Waals surface area contributed by atoms with Gasteiger partial charge in [0.15, 0.2) is 5.11 Å². The maximum Gasteiger partial charge on any atom is 0.270 e. The van der Waals surface area contributed by atoms with E-state index in [1.54, 1.807) is 31.4 Å². The molecule has 2 aliphatic rings. The number of ether oxygens (including phenoxy) is 1. The highest BCUT2D eigenvalue weighted by molar-refractivity contribution is 7.80. The summed E-state index contributed by atoms with van der Waals surface area (Å²) in [5.74, 6) is -0.436. The van der Waals surface area contributed by atoms with Gasteiger partial charge >= 0.3 is 0 Å². The van der Waals surface area contributed by atoms with Crippen molar-refractivity contribution in [2.24, 2.45) is 0 Å². The Labute approximate surface area is 203 Å². The van der Waals surface area contributed by atoms with Gasteiger partial charge in [-0.15, -0.1) is 0 Å². The van der Waals surface area contributed by atoms with Gasteiger partial charge in [0.05, 0.1) is 18.3 Å². The Morgan fingerprint density at radius 2 is 1.82 bits per heavy atom. The fraction of sp³-hybridized carbons (Fsp3) is 0.240. The summed E-state index contributed by atoms with van der Waals surface area (Å²) in [6.45, 7) is 6.30. The Morgan fingerprint density at radius 1 is 1.15 bits per heavy atom. The van der Waals surface area contributed by atoms with Crippen LogP contribution in [-0.4, -0.2) is 36.6 Å². The van der Waals surface area contributed by atoms with Gasteiger partial charge in [0.2, 0.25) is 0 Å². The van der Waals surface area contributed by atoms with E-state index in [2.05, 4.69) is 30.1 Å². The molecule has 170 valence electrons. The lowest BCUT2D eigenvalue weighted by atomic mass is 9.88. The van der Waals surface area contributed by atoms with E-state index in [1.807, 2.05) is 26.1 Å². The molecule has 0 unspecified atom stereocenters. The molecule has 2 aromatic rings. The van der Waals surface area contributed by atoms with E-state index in [1.165, 1.54) is 11.0 Å². The number of methoxy groups -OCH3 is 1. The summed E-state index contributed by atoms with van der Waals surface area (Å²) in [4.78, 5) is 29.5. The summed E-state index contributed by atoms with van der Waals surface area (Å²) in [7, 11) is 3.58. The van der Waals surface area contributed by atoms with Crippen LogP contribution in [0.1, 0.15) is 31.9 Å². The number of benzene rings is 2. The van der Waals surface area contributed by atoms with Crippen molar-refractivity contribution in [1.29, 1.82) is 0 Å². The monoisotopic (exact) mass is 481 g/mol. The van der Waals surface area contributed by atoms with Crippen LogP contribution in [0.15, 0.2) is 48.0 Å². The van der Waals surface area contributed by atoms with E-state index >= 15 is 0 Å². The predicted octanol–water partition coefficient (Wildman–Crippen LogP) is 4.81. The molecule has 2 heterocycles. The third-order valence-corrected chi connectivity index (χ3v) is 6.68. The van der Waals surface area contributed by atoms with E-state index in [-0.39, 0.29) is 16.2 Å². The fourth-order valence-electron chi connectivity index (χ4n) is 4.08. The molecule has 33 heavy (non-hydrogen) atoms. The lowest BCUT2D eigenvalue weighted by molar-refractivity contribution is -0.122. The first kappa shape index (κ1) is 23.0. The smallest absolute Gasteiger partial charge is 0.270 e. The second kappa shape index (κ2) is 8.32. The number of hydrogen-bond acceptors (Lipinski definition) is 5. The second-order valence-electron chi connectivity index (χ2n) is 8.59. The standard InChI is InChI=1S/C25H24ClN3O3S/c1-14-13-25(2,3)28(4)21-12-20(26)15(10-18(14)21)11-19-22(30)27-24(33)29(23(19)31)16-6-8-17(32-5)9-7-16/h6-13H,1-5H3,(H,27,30,33)/b19-11-. The van der Waals surface area contributed by atoms with Gasteiger partial charge in [-0.2, -0.15) is 0 Å². The number of anilines is 2. The van der Waals surface area contributed by atoms with E-state index in [9.17, 15) is 9.59 Å². The highest BCUT2D eigenvalue weighted by Gasteiger charge is 2.35. The average molecular weight is 482 g/mol. The Kier molecular flexibility index (Phi) is 5.80. The van der Waals surface area contributed by atoms with Gasteiger partial charge in [-0.05, 0) is 86.6 Å². The van der Waals surface area contributed by atoms with Crippen LogP contribution in [0.4, 0.5) is 11.4 Å². The normalized spacial score (nSPS) is 18.8. The minimum Gasteiger partial charge on any atom is -0.497 e. The van der Waals surface area contributed by atoms with E-state index in [0.29, 0.717) is 22.0 Å². The number of hydrogen-bond donors (Lipinski definition) is 1. The number of nitrogens with one attached hydrogen (secondary N) is 1. The molecule has 6 nitrogen and oxygen atoms in total. The molecule has 0 spiro atoms. The zero-order valence-corrected chi connectivity index (χ0v) is 20.6. The third-order valence-electron chi connectivity index (χ3n) is 6.07. The molecular formula is C25H24ClN3O3S. The first-order chi connectivity index (χ1) is 15.5. The molecule has 0 radical (unpaired) electrons. The van der Waals surface area contributed by atoms with E-state index in [4.69, 9.17) is 28.6 Å². The van der Waals surface area contributed by atoms with Crippen LogP contribution in [0.5, 0.6) is 5.75 Å². The van der Waals surface area contributed by atoms with Crippen molar-refractivity contribution in [3.05, 3.63) is 64.2 Å². The lowest BCUT2D eigenvalue weighted by Gasteiger charge is -2.40. The minimum atomic E-state index is -0.561. The number of fused-ring (bicyclic) bond motifs is 1. The van der Waals surface area contributed by atoms with Gasteiger partial charge < -0.3 is 9.64 Å². The summed E-state index contributed by atoms with van der Waals surface area (Å²) >= 11 is 11.9. The first-order valence-corrected chi connectivity index (χ1v) is 11.1. The molecule has 0 aromatic heterocycles. The summed E-state index contributed by atoms with van der Waals surface area (Å²) in [6, 6.07) is 10.6. The number of carbonyl (C=O) groups is 2. The number of halogens is 1. The van der Waals surface area contributed by atoms with Crippen LogP contribution in [0.3, 0.4) is 0 Å². The van der Waals surface area contributed by atoms with Crippen LogP contribution >= 0.6 is 23.8 Å². The number of allylic oxidation sites excluding steroid dienone is 1. The van der Waals surface area contributed by atoms with Gasteiger partial charge in [-0.1, -0.05) is 17.7 Å². The van der Waals surface area contributed by atoms with Gasteiger partial charge in [-0.25, -0.2) is 0 Å². The quantitative estimate of drug-likeness (QED) is 0.387. The molecule has 0 bridgehead atoms. The van der Waals surface area contributed by atoms with Crippen LogP contribution in [0.25, 0.3) is 11.6 Å². The molecule has 2 amide bonds. The van der Waals surface area contributed by atoms with Gasteiger partial charge in [0.25, 0.3) is 11.8 Å². The molecule has 0 atom stereocenters. The molecule has 8 heteroatoms. The Morgan fingerprint density at radius 3 is 2.45 bits per heavy atom. The summed E-state index contributed by atoms with van der Waals surface area (Å²) < 4.78 is 5.17. The number of amides is 2. The van der Waals surface area contributed by atoms with Crippen LogP contribution < -0.4 is 19.9 Å². The topological polar surface area (TPSA) is 61.9 Å². The molecule has 2 aromatic carbocycles. The van der Waals surface area contributed by atoms with E-state index < -0.39 is 11.8 Å².